The highest BCUT2D eigenvalue weighted by Crippen LogP contribution is 2.20. The summed E-state index contributed by atoms with van der Waals surface area (Å²) in [5.41, 5.74) is 5.78. The standard InChI is InChI=1S/C11H22N2O/c12-7-11-3-1-2-5-13(11)6-4-10-8-14-9-10/h10-11H,1-9,12H2. The number of hydrogen-bond donors (Lipinski definition) is 1. The van der Waals surface area contributed by atoms with Crippen LogP contribution in [0.2, 0.25) is 0 Å². The molecule has 0 radical (unpaired) electrons. The van der Waals surface area contributed by atoms with Gasteiger partial charge in [-0.1, -0.05) is 6.42 Å². The third-order valence-corrected chi connectivity index (χ3v) is 3.55. The Morgan fingerprint density at radius 1 is 1.29 bits per heavy atom. The number of nitrogens with zero attached hydrogens (tertiary/aromatic N) is 1. The van der Waals surface area contributed by atoms with Crippen LogP contribution < -0.4 is 5.73 Å². The summed E-state index contributed by atoms with van der Waals surface area (Å²) in [5.74, 6) is 0.829. The number of ether oxygens (including phenoxy) is 1. The Morgan fingerprint density at radius 3 is 2.79 bits per heavy atom. The van der Waals surface area contributed by atoms with Gasteiger partial charge in [0.25, 0.3) is 0 Å². The molecule has 3 nitrogen and oxygen atoms in total. The third-order valence-electron chi connectivity index (χ3n) is 3.55. The molecule has 0 aromatic rings. The zero-order chi connectivity index (χ0) is 9.80. The van der Waals surface area contributed by atoms with Gasteiger partial charge in [0, 0.05) is 18.5 Å². The summed E-state index contributed by atoms with van der Waals surface area (Å²) in [7, 11) is 0. The molecule has 1 atom stereocenters. The van der Waals surface area contributed by atoms with Crippen molar-refractivity contribution in [3.63, 3.8) is 0 Å². The lowest BCUT2D eigenvalue weighted by Gasteiger charge is -2.37. The van der Waals surface area contributed by atoms with Gasteiger partial charge >= 0.3 is 0 Å². The summed E-state index contributed by atoms with van der Waals surface area (Å²) < 4.78 is 5.18. The van der Waals surface area contributed by atoms with E-state index in [2.05, 4.69) is 4.90 Å². The molecule has 2 aliphatic heterocycles. The van der Waals surface area contributed by atoms with Gasteiger partial charge in [0.15, 0.2) is 0 Å². The lowest BCUT2D eigenvalue weighted by atomic mass is 9.99. The van der Waals surface area contributed by atoms with Gasteiger partial charge in [0.1, 0.15) is 0 Å². The van der Waals surface area contributed by atoms with E-state index in [0.717, 1.165) is 25.7 Å². The van der Waals surface area contributed by atoms with Gasteiger partial charge in [-0.3, -0.25) is 4.90 Å². The van der Waals surface area contributed by atoms with Crippen LogP contribution in [0.4, 0.5) is 0 Å². The first-order chi connectivity index (χ1) is 6.90. The summed E-state index contributed by atoms with van der Waals surface area (Å²) >= 11 is 0. The van der Waals surface area contributed by atoms with Gasteiger partial charge in [-0.25, -0.2) is 0 Å². The van der Waals surface area contributed by atoms with Crippen LogP contribution in [-0.4, -0.2) is 43.8 Å². The van der Waals surface area contributed by atoms with Crippen molar-refractivity contribution in [1.82, 2.24) is 4.90 Å². The zero-order valence-corrected chi connectivity index (χ0v) is 8.95. The van der Waals surface area contributed by atoms with Gasteiger partial charge < -0.3 is 10.5 Å². The molecule has 0 aromatic heterocycles. The summed E-state index contributed by atoms with van der Waals surface area (Å²) in [6, 6.07) is 0.657. The van der Waals surface area contributed by atoms with Gasteiger partial charge in [-0.05, 0) is 32.4 Å². The molecule has 2 fully saturated rings. The van der Waals surface area contributed by atoms with Crippen LogP contribution in [0, 0.1) is 5.92 Å². The predicted octanol–water partition coefficient (Wildman–Crippen LogP) is 0.836. The van der Waals surface area contributed by atoms with Crippen molar-refractivity contribution in [3.05, 3.63) is 0 Å². The predicted molar refractivity (Wildman–Crippen MR) is 57.2 cm³/mol. The second-order valence-corrected chi connectivity index (χ2v) is 4.61. The van der Waals surface area contributed by atoms with E-state index in [1.807, 2.05) is 0 Å². The van der Waals surface area contributed by atoms with E-state index in [0.29, 0.717) is 6.04 Å². The molecule has 2 heterocycles. The normalized spacial score (nSPS) is 30.2. The van der Waals surface area contributed by atoms with Gasteiger partial charge in [-0.2, -0.15) is 0 Å². The highest BCUT2D eigenvalue weighted by molar-refractivity contribution is 4.79. The van der Waals surface area contributed by atoms with E-state index in [9.17, 15) is 0 Å². The molecule has 2 rings (SSSR count). The maximum Gasteiger partial charge on any atom is 0.0516 e. The van der Waals surface area contributed by atoms with E-state index in [4.69, 9.17) is 10.5 Å². The fourth-order valence-electron chi connectivity index (χ4n) is 2.42. The second-order valence-electron chi connectivity index (χ2n) is 4.61. The highest BCUT2D eigenvalue weighted by Gasteiger charge is 2.24. The van der Waals surface area contributed by atoms with Crippen LogP contribution in [0.3, 0.4) is 0 Å². The first-order valence-electron chi connectivity index (χ1n) is 5.92. The van der Waals surface area contributed by atoms with Crippen molar-refractivity contribution in [2.24, 2.45) is 11.7 Å². The molecule has 82 valence electrons. The third kappa shape index (κ3) is 2.47. The van der Waals surface area contributed by atoms with Crippen LogP contribution in [0.1, 0.15) is 25.7 Å². The number of rotatable bonds is 4. The molecule has 0 aromatic carbocycles. The van der Waals surface area contributed by atoms with Crippen molar-refractivity contribution in [3.8, 4) is 0 Å². The SMILES string of the molecule is NCC1CCCCN1CCC1COC1. The quantitative estimate of drug-likeness (QED) is 0.727. The van der Waals surface area contributed by atoms with Crippen LogP contribution in [0.25, 0.3) is 0 Å². The van der Waals surface area contributed by atoms with Crippen molar-refractivity contribution in [2.75, 3.05) is 32.8 Å². The summed E-state index contributed by atoms with van der Waals surface area (Å²) in [5, 5.41) is 0. The average Bonchev–Trinajstić information content (AvgIpc) is 2.16. The molecular formula is C11H22N2O. The Labute approximate surface area is 86.6 Å². The first-order valence-corrected chi connectivity index (χ1v) is 5.92. The Kier molecular flexibility index (Phi) is 3.79. The fraction of sp³-hybridized carbons (Fsp3) is 1.00. The van der Waals surface area contributed by atoms with Gasteiger partial charge in [0.2, 0.25) is 0 Å². The number of likely N-dealkylation sites (tertiary alicyclic amines) is 1. The summed E-state index contributed by atoms with van der Waals surface area (Å²) in [6.07, 6.45) is 5.33. The van der Waals surface area contributed by atoms with E-state index in [1.165, 1.54) is 38.8 Å². The highest BCUT2D eigenvalue weighted by atomic mass is 16.5. The largest absolute Gasteiger partial charge is 0.381 e. The molecule has 3 heteroatoms. The average molecular weight is 198 g/mol. The Bertz CT molecular complexity index is 171. The number of hydrogen-bond acceptors (Lipinski definition) is 3. The maximum absolute atomic E-state index is 5.78. The molecule has 2 saturated heterocycles. The van der Waals surface area contributed by atoms with Crippen molar-refractivity contribution < 1.29 is 4.74 Å². The number of piperidine rings is 1. The molecule has 2 N–H and O–H groups in total. The van der Waals surface area contributed by atoms with E-state index >= 15 is 0 Å². The topological polar surface area (TPSA) is 38.5 Å². The van der Waals surface area contributed by atoms with Crippen molar-refractivity contribution in [2.45, 2.75) is 31.7 Å². The van der Waals surface area contributed by atoms with E-state index < -0.39 is 0 Å². The molecule has 1 unspecified atom stereocenters. The van der Waals surface area contributed by atoms with Gasteiger partial charge in [0.05, 0.1) is 13.2 Å². The summed E-state index contributed by atoms with van der Waals surface area (Å²) in [6.45, 7) is 5.30. The molecule has 0 aliphatic carbocycles. The van der Waals surface area contributed by atoms with E-state index in [-0.39, 0.29) is 0 Å². The smallest absolute Gasteiger partial charge is 0.0516 e. The van der Waals surface area contributed by atoms with Crippen LogP contribution in [0.5, 0.6) is 0 Å². The molecular weight excluding hydrogens is 176 g/mol. The second kappa shape index (κ2) is 5.10. The van der Waals surface area contributed by atoms with Crippen LogP contribution in [-0.2, 0) is 4.74 Å². The number of nitrogens with two attached hydrogens (primary N) is 1. The Balaban J connectivity index is 1.70. The molecule has 0 spiro atoms. The van der Waals surface area contributed by atoms with Crippen LogP contribution in [0.15, 0.2) is 0 Å². The fourth-order valence-corrected chi connectivity index (χ4v) is 2.42. The lowest BCUT2D eigenvalue weighted by Crippen LogP contribution is -2.45. The Hall–Kier alpha value is -0.120. The minimum atomic E-state index is 0.657. The zero-order valence-electron chi connectivity index (χ0n) is 8.95. The first kappa shape index (κ1) is 10.4. The van der Waals surface area contributed by atoms with Gasteiger partial charge in [-0.15, -0.1) is 0 Å². The Morgan fingerprint density at radius 2 is 2.14 bits per heavy atom. The minimum Gasteiger partial charge on any atom is -0.381 e. The molecule has 0 saturated carbocycles. The molecule has 0 bridgehead atoms. The van der Waals surface area contributed by atoms with Crippen LogP contribution >= 0.6 is 0 Å². The lowest BCUT2D eigenvalue weighted by molar-refractivity contribution is -0.0412. The molecule has 14 heavy (non-hydrogen) atoms. The molecule has 0 amide bonds. The monoisotopic (exact) mass is 198 g/mol. The van der Waals surface area contributed by atoms with E-state index in [1.54, 1.807) is 0 Å². The summed E-state index contributed by atoms with van der Waals surface area (Å²) in [4.78, 5) is 2.59. The van der Waals surface area contributed by atoms with Crippen molar-refractivity contribution >= 4 is 0 Å². The minimum absolute atomic E-state index is 0.657. The molecule has 2 aliphatic rings. The van der Waals surface area contributed by atoms with Crippen molar-refractivity contribution in [1.29, 1.82) is 0 Å². The maximum atomic E-state index is 5.78.